The highest BCUT2D eigenvalue weighted by molar-refractivity contribution is 9.10. The molecule has 7 heteroatoms. The van der Waals surface area contributed by atoms with Gasteiger partial charge in [-0.25, -0.2) is 0 Å². The third kappa shape index (κ3) is 4.17. The van der Waals surface area contributed by atoms with Crippen LogP contribution in [0.1, 0.15) is 12.5 Å². The minimum absolute atomic E-state index is 0.0821. The Morgan fingerprint density at radius 2 is 2.06 bits per heavy atom. The van der Waals surface area contributed by atoms with Gasteiger partial charge in [0.2, 0.25) is 5.91 Å². The van der Waals surface area contributed by atoms with Crippen molar-refractivity contribution in [2.24, 2.45) is 5.92 Å². The lowest BCUT2D eigenvalue weighted by atomic mass is 10.1. The molecule has 1 rings (SSSR count). The predicted octanol–water partition coefficient (Wildman–Crippen LogP) is 4.28. The van der Waals surface area contributed by atoms with Gasteiger partial charge >= 0.3 is 6.18 Å². The summed E-state index contributed by atoms with van der Waals surface area (Å²) in [7, 11) is 0. The summed E-state index contributed by atoms with van der Waals surface area (Å²) in [6.07, 6.45) is -4.46. The number of halogens is 5. The van der Waals surface area contributed by atoms with Crippen molar-refractivity contribution in [2.45, 2.75) is 13.1 Å². The molecule has 18 heavy (non-hydrogen) atoms. The van der Waals surface area contributed by atoms with Gasteiger partial charge in [0, 0.05) is 22.0 Å². The highest BCUT2D eigenvalue weighted by Crippen LogP contribution is 2.33. The fourth-order valence-electron chi connectivity index (χ4n) is 1.16. The third-order valence-corrected chi connectivity index (χ3v) is 3.09. The predicted molar refractivity (Wildman–Crippen MR) is 67.7 cm³/mol. The van der Waals surface area contributed by atoms with Gasteiger partial charge in [-0.2, -0.15) is 13.2 Å². The van der Waals surface area contributed by atoms with Crippen LogP contribution in [0.2, 0.25) is 0 Å². The molecule has 1 unspecified atom stereocenters. The molecule has 1 aromatic carbocycles. The second kappa shape index (κ2) is 5.93. The summed E-state index contributed by atoms with van der Waals surface area (Å²) < 4.78 is 37.9. The minimum atomic E-state index is -4.46. The Kier molecular flexibility index (Phi) is 5.04. The van der Waals surface area contributed by atoms with Gasteiger partial charge in [0.15, 0.2) is 0 Å². The second-order valence-corrected chi connectivity index (χ2v) is 5.00. The third-order valence-electron chi connectivity index (χ3n) is 2.17. The van der Waals surface area contributed by atoms with E-state index in [1.807, 2.05) is 0 Å². The van der Waals surface area contributed by atoms with Crippen molar-refractivity contribution in [3.63, 3.8) is 0 Å². The van der Waals surface area contributed by atoms with E-state index in [4.69, 9.17) is 11.6 Å². The second-order valence-electron chi connectivity index (χ2n) is 3.77. The Morgan fingerprint density at radius 3 is 2.56 bits per heavy atom. The average Bonchev–Trinajstić information content (AvgIpc) is 2.25. The Labute approximate surface area is 116 Å². The van der Waals surface area contributed by atoms with E-state index >= 15 is 0 Å². The van der Waals surface area contributed by atoms with Crippen LogP contribution >= 0.6 is 27.5 Å². The van der Waals surface area contributed by atoms with Crippen molar-refractivity contribution < 1.29 is 18.0 Å². The Hall–Kier alpha value is -0.750. The molecular formula is C11H10BrClF3NO. The van der Waals surface area contributed by atoms with Crippen molar-refractivity contribution in [2.75, 3.05) is 11.2 Å². The Morgan fingerprint density at radius 1 is 1.44 bits per heavy atom. The van der Waals surface area contributed by atoms with E-state index in [9.17, 15) is 18.0 Å². The number of hydrogen-bond acceptors (Lipinski definition) is 1. The highest BCUT2D eigenvalue weighted by Gasteiger charge is 2.31. The smallest absolute Gasteiger partial charge is 0.326 e. The van der Waals surface area contributed by atoms with E-state index in [1.165, 1.54) is 6.07 Å². The molecule has 2 nitrogen and oxygen atoms in total. The molecule has 1 aromatic rings. The molecule has 0 spiro atoms. The summed E-state index contributed by atoms with van der Waals surface area (Å²) >= 11 is 8.47. The molecule has 0 fully saturated rings. The fraction of sp³-hybridized carbons (Fsp3) is 0.364. The maximum atomic E-state index is 12.6. The number of carbonyl (C=O) groups is 1. The van der Waals surface area contributed by atoms with Crippen molar-refractivity contribution in [1.82, 2.24) is 0 Å². The van der Waals surface area contributed by atoms with Crippen molar-refractivity contribution in [3.8, 4) is 0 Å². The first-order valence-electron chi connectivity index (χ1n) is 4.98. The van der Waals surface area contributed by atoms with Crippen molar-refractivity contribution in [3.05, 3.63) is 28.2 Å². The first-order chi connectivity index (χ1) is 8.24. The van der Waals surface area contributed by atoms with Crippen LogP contribution in [0.4, 0.5) is 18.9 Å². The zero-order valence-corrected chi connectivity index (χ0v) is 11.7. The first-order valence-corrected chi connectivity index (χ1v) is 6.31. The van der Waals surface area contributed by atoms with Gasteiger partial charge in [0.1, 0.15) is 0 Å². The van der Waals surface area contributed by atoms with Gasteiger partial charge in [-0.05, 0) is 18.2 Å². The number of benzene rings is 1. The van der Waals surface area contributed by atoms with Crippen LogP contribution in [0.15, 0.2) is 22.7 Å². The quantitative estimate of drug-likeness (QED) is 0.815. The normalized spacial score (nSPS) is 13.2. The molecule has 0 radical (unpaired) electrons. The van der Waals surface area contributed by atoms with Gasteiger partial charge in [-0.3, -0.25) is 4.79 Å². The zero-order chi connectivity index (χ0) is 13.9. The van der Waals surface area contributed by atoms with E-state index in [0.29, 0.717) is 0 Å². The zero-order valence-electron chi connectivity index (χ0n) is 9.31. The summed E-state index contributed by atoms with van der Waals surface area (Å²) in [4.78, 5) is 11.5. The van der Waals surface area contributed by atoms with Crippen LogP contribution in [-0.2, 0) is 11.0 Å². The number of carbonyl (C=O) groups excluding carboxylic acids is 1. The van der Waals surface area contributed by atoms with Crippen LogP contribution < -0.4 is 5.32 Å². The summed E-state index contributed by atoms with van der Waals surface area (Å²) in [6, 6.07) is 3.22. The standard InChI is InChI=1S/C11H10BrClF3NO/c1-6(5-13)10(18)17-9-3-7(11(14,15)16)2-8(12)4-9/h2-4,6H,5H2,1H3,(H,17,18). The summed E-state index contributed by atoms with van der Waals surface area (Å²) in [5.74, 6) is -0.789. The molecule has 100 valence electrons. The lowest BCUT2D eigenvalue weighted by Gasteiger charge is -2.12. The largest absolute Gasteiger partial charge is 0.416 e. The van der Waals surface area contributed by atoms with E-state index in [-0.39, 0.29) is 16.0 Å². The van der Waals surface area contributed by atoms with E-state index in [1.54, 1.807) is 6.92 Å². The van der Waals surface area contributed by atoms with Gasteiger partial charge in [0.05, 0.1) is 5.56 Å². The maximum Gasteiger partial charge on any atom is 0.416 e. The number of alkyl halides is 4. The molecule has 0 bridgehead atoms. The number of rotatable bonds is 3. The topological polar surface area (TPSA) is 29.1 Å². The van der Waals surface area contributed by atoms with Gasteiger partial charge in [-0.1, -0.05) is 22.9 Å². The van der Waals surface area contributed by atoms with Crippen molar-refractivity contribution in [1.29, 1.82) is 0 Å². The number of nitrogens with one attached hydrogen (secondary N) is 1. The summed E-state index contributed by atoms with van der Waals surface area (Å²) in [5, 5.41) is 2.39. The molecular weight excluding hydrogens is 334 g/mol. The minimum Gasteiger partial charge on any atom is -0.326 e. The van der Waals surface area contributed by atoms with E-state index < -0.39 is 23.6 Å². The average molecular weight is 345 g/mol. The van der Waals surface area contributed by atoms with Crippen molar-refractivity contribution >= 4 is 39.1 Å². The monoisotopic (exact) mass is 343 g/mol. The van der Waals surface area contributed by atoms with Crippen LogP contribution in [0.5, 0.6) is 0 Å². The maximum absolute atomic E-state index is 12.6. The molecule has 0 aliphatic heterocycles. The molecule has 0 saturated carbocycles. The number of amides is 1. The molecule has 1 atom stereocenters. The lowest BCUT2D eigenvalue weighted by Crippen LogP contribution is -2.21. The van der Waals surface area contributed by atoms with Crippen LogP contribution in [-0.4, -0.2) is 11.8 Å². The molecule has 1 amide bonds. The van der Waals surface area contributed by atoms with E-state index in [2.05, 4.69) is 21.2 Å². The summed E-state index contributed by atoms with van der Waals surface area (Å²) in [6.45, 7) is 1.59. The highest BCUT2D eigenvalue weighted by atomic mass is 79.9. The SMILES string of the molecule is CC(CCl)C(=O)Nc1cc(Br)cc(C(F)(F)F)c1. The Balaban J connectivity index is 2.97. The number of anilines is 1. The fourth-order valence-corrected chi connectivity index (χ4v) is 1.79. The van der Waals surface area contributed by atoms with Gasteiger partial charge in [-0.15, -0.1) is 11.6 Å². The van der Waals surface area contributed by atoms with Gasteiger partial charge in [0.25, 0.3) is 0 Å². The molecule has 0 aromatic heterocycles. The Bertz CT molecular complexity index is 450. The molecule has 1 N–H and O–H groups in total. The number of hydrogen-bond donors (Lipinski definition) is 1. The molecule has 0 saturated heterocycles. The summed E-state index contributed by atoms with van der Waals surface area (Å²) in [5.41, 5.74) is -0.746. The molecule has 0 aliphatic carbocycles. The van der Waals surface area contributed by atoms with Gasteiger partial charge < -0.3 is 5.32 Å². The van der Waals surface area contributed by atoms with Crippen LogP contribution in [0.3, 0.4) is 0 Å². The van der Waals surface area contributed by atoms with Crippen LogP contribution in [0.25, 0.3) is 0 Å². The molecule has 0 heterocycles. The molecule has 0 aliphatic rings. The first kappa shape index (κ1) is 15.3. The van der Waals surface area contributed by atoms with Crippen LogP contribution in [0, 0.1) is 5.92 Å². The van der Waals surface area contributed by atoms with E-state index in [0.717, 1.165) is 12.1 Å². The lowest BCUT2D eigenvalue weighted by molar-refractivity contribution is -0.137.